The summed E-state index contributed by atoms with van der Waals surface area (Å²) in [7, 11) is 0. The molecule has 0 heterocycles. The van der Waals surface area contributed by atoms with E-state index in [1.165, 1.54) is 51.4 Å². The van der Waals surface area contributed by atoms with E-state index in [1.807, 2.05) is 12.2 Å². The minimum absolute atomic E-state index is 0.128. The third-order valence-electron chi connectivity index (χ3n) is 7.93. The molecule has 4 heteroatoms. The molecular weight excluding hydrogens is 516 g/mol. The first-order chi connectivity index (χ1) is 20.6. The van der Waals surface area contributed by atoms with Crippen molar-refractivity contribution in [2.45, 2.75) is 142 Å². The highest BCUT2D eigenvalue weighted by atomic mass is 16.2. The summed E-state index contributed by atoms with van der Waals surface area (Å²) < 4.78 is 0. The maximum atomic E-state index is 13.4. The van der Waals surface area contributed by atoms with Gasteiger partial charge in [0.15, 0.2) is 0 Å². The fraction of sp³-hybridized carbons (Fsp3) is 0.632. The van der Waals surface area contributed by atoms with Crippen LogP contribution in [0, 0.1) is 12.3 Å². The Morgan fingerprint density at radius 1 is 0.667 bits per heavy atom. The Morgan fingerprint density at radius 3 is 1.50 bits per heavy atom. The summed E-state index contributed by atoms with van der Waals surface area (Å²) in [4.78, 5) is 26.8. The van der Waals surface area contributed by atoms with Gasteiger partial charge in [-0.15, -0.1) is 19.6 Å². The molecular formula is C38H60N2O2. The van der Waals surface area contributed by atoms with Crippen LogP contribution in [0.1, 0.15) is 167 Å². The van der Waals surface area contributed by atoms with Crippen LogP contribution in [-0.4, -0.2) is 24.9 Å². The van der Waals surface area contributed by atoms with Crippen LogP contribution in [0.25, 0.3) is 0 Å². The van der Waals surface area contributed by atoms with E-state index in [4.69, 9.17) is 6.42 Å². The van der Waals surface area contributed by atoms with E-state index >= 15 is 0 Å². The largest absolute Gasteiger partial charge is 0.352 e. The van der Waals surface area contributed by atoms with Crippen molar-refractivity contribution in [1.29, 1.82) is 0 Å². The molecule has 0 saturated carbocycles. The normalized spacial score (nSPS) is 10.7. The molecule has 0 aliphatic carbocycles. The van der Waals surface area contributed by atoms with Gasteiger partial charge in [0.1, 0.15) is 0 Å². The summed E-state index contributed by atoms with van der Waals surface area (Å²) in [6.45, 7) is 11.1. The summed E-state index contributed by atoms with van der Waals surface area (Å²) in [5, 5.41) is 6.19. The van der Waals surface area contributed by atoms with Crippen molar-refractivity contribution in [3.05, 3.63) is 59.7 Å². The highest BCUT2D eigenvalue weighted by Gasteiger charge is 2.20. The van der Waals surface area contributed by atoms with Gasteiger partial charge in [-0.3, -0.25) is 9.59 Å². The summed E-state index contributed by atoms with van der Waals surface area (Å²) in [6, 6.07) is 3.59. The first kappa shape index (κ1) is 37.2. The topological polar surface area (TPSA) is 58.2 Å². The first-order valence-corrected chi connectivity index (χ1v) is 17.0. The van der Waals surface area contributed by atoms with Gasteiger partial charge in [-0.25, -0.2) is 0 Å². The Kier molecular flexibility index (Phi) is 22.9. The van der Waals surface area contributed by atoms with Crippen LogP contribution >= 0.6 is 0 Å². The minimum Gasteiger partial charge on any atom is -0.352 e. The number of hydrogen-bond donors (Lipinski definition) is 2. The monoisotopic (exact) mass is 576 g/mol. The Balaban J connectivity index is 2.84. The molecule has 0 radical (unpaired) electrons. The first-order valence-electron chi connectivity index (χ1n) is 17.0. The van der Waals surface area contributed by atoms with Crippen LogP contribution in [0.2, 0.25) is 0 Å². The van der Waals surface area contributed by atoms with Gasteiger partial charge in [0.2, 0.25) is 0 Å². The fourth-order valence-electron chi connectivity index (χ4n) is 5.35. The van der Waals surface area contributed by atoms with Gasteiger partial charge in [0, 0.05) is 29.8 Å². The van der Waals surface area contributed by atoms with Crippen molar-refractivity contribution in [3.8, 4) is 12.3 Å². The van der Waals surface area contributed by atoms with Gasteiger partial charge in [-0.1, -0.05) is 108 Å². The molecule has 0 spiro atoms. The molecule has 0 bridgehead atoms. The Labute approximate surface area is 258 Å². The van der Waals surface area contributed by atoms with E-state index in [1.54, 1.807) is 12.1 Å². The van der Waals surface area contributed by atoms with Crippen LogP contribution in [0.5, 0.6) is 0 Å². The van der Waals surface area contributed by atoms with E-state index in [9.17, 15) is 9.59 Å². The zero-order valence-corrected chi connectivity index (χ0v) is 26.9. The molecule has 4 nitrogen and oxygen atoms in total. The predicted octanol–water partition coefficient (Wildman–Crippen LogP) is 9.86. The second-order valence-corrected chi connectivity index (χ2v) is 11.6. The summed E-state index contributed by atoms with van der Waals surface area (Å²) in [5.41, 5.74) is 2.52. The molecule has 1 aromatic rings. The maximum Gasteiger partial charge on any atom is 0.251 e. The summed E-state index contributed by atoms with van der Waals surface area (Å²) in [6.07, 6.45) is 33.5. The van der Waals surface area contributed by atoms with Crippen LogP contribution in [-0.2, 0) is 6.42 Å². The summed E-state index contributed by atoms with van der Waals surface area (Å²) in [5.74, 6) is 2.41. The lowest BCUT2D eigenvalue weighted by molar-refractivity contribution is 0.0951. The molecule has 0 aromatic heterocycles. The third-order valence-corrected chi connectivity index (χ3v) is 7.93. The molecule has 2 N–H and O–H groups in total. The number of terminal acetylenes is 1. The zero-order chi connectivity index (χ0) is 30.7. The van der Waals surface area contributed by atoms with E-state index in [-0.39, 0.29) is 11.8 Å². The highest BCUT2D eigenvalue weighted by Crippen LogP contribution is 2.22. The quantitative estimate of drug-likeness (QED) is 0.0622. The van der Waals surface area contributed by atoms with Gasteiger partial charge >= 0.3 is 0 Å². The molecule has 0 aliphatic heterocycles. The fourth-order valence-corrected chi connectivity index (χ4v) is 5.35. The highest BCUT2D eigenvalue weighted by molar-refractivity contribution is 6.02. The number of benzene rings is 1. The number of carbonyl (C=O) groups excluding carboxylic acids is 2. The van der Waals surface area contributed by atoms with E-state index < -0.39 is 0 Å². The molecule has 0 aliphatic rings. The van der Waals surface area contributed by atoms with Crippen molar-refractivity contribution < 1.29 is 9.59 Å². The average molecular weight is 577 g/mol. The number of carbonyl (C=O) groups is 2. The standard InChI is InChI=1S/C38H60N2O2/c1-5-9-12-15-18-19-20-21-22-25-28-34-35(37(41)39-29-26-23-16-13-10-6-2)31-33(8-4)32-36(34)38(42)40-30-27-24-17-14-11-7-3/h4,6-7,31-32H,2-3,5,9-30H2,1H3,(H,39,41)(H,40,42). The minimum atomic E-state index is -0.128. The molecule has 1 rings (SSSR count). The van der Waals surface area contributed by atoms with Crippen LogP contribution in [0.15, 0.2) is 37.4 Å². The zero-order valence-electron chi connectivity index (χ0n) is 26.9. The molecule has 2 amide bonds. The van der Waals surface area contributed by atoms with Gasteiger partial charge in [-0.2, -0.15) is 0 Å². The SMILES string of the molecule is C#Cc1cc(C(=O)NCCCCCCC=C)c(CCCCCCCCCCCC)c(C(=O)NCCCCCCC=C)c1. The number of nitrogens with one attached hydrogen (secondary N) is 2. The van der Waals surface area contributed by atoms with Crippen LogP contribution in [0.4, 0.5) is 0 Å². The van der Waals surface area contributed by atoms with Gasteiger partial charge < -0.3 is 10.6 Å². The number of unbranched alkanes of at least 4 members (excludes halogenated alkanes) is 17. The van der Waals surface area contributed by atoms with Crippen molar-refractivity contribution in [1.82, 2.24) is 10.6 Å². The van der Waals surface area contributed by atoms with Crippen molar-refractivity contribution in [3.63, 3.8) is 0 Å². The number of amides is 2. The lowest BCUT2D eigenvalue weighted by atomic mass is 9.92. The second kappa shape index (κ2) is 25.9. The molecule has 42 heavy (non-hydrogen) atoms. The average Bonchev–Trinajstić information content (AvgIpc) is 3.00. The van der Waals surface area contributed by atoms with Crippen molar-refractivity contribution >= 4 is 11.8 Å². The van der Waals surface area contributed by atoms with Gasteiger partial charge in [0.05, 0.1) is 0 Å². The van der Waals surface area contributed by atoms with Crippen molar-refractivity contribution in [2.24, 2.45) is 0 Å². The smallest absolute Gasteiger partial charge is 0.251 e. The Bertz CT molecular complexity index is 888. The van der Waals surface area contributed by atoms with E-state index in [0.717, 1.165) is 82.6 Å². The number of rotatable bonds is 27. The summed E-state index contributed by atoms with van der Waals surface area (Å²) >= 11 is 0. The molecule has 0 saturated heterocycles. The van der Waals surface area contributed by atoms with E-state index in [0.29, 0.717) is 36.2 Å². The Hall–Kier alpha value is -2.80. The van der Waals surface area contributed by atoms with Crippen LogP contribution < -0.4 is 10.6 Å². The van der Waals surface area contributed by atoms with Gasteiger partial charge in [-0.05, 0) is 69.1 Å². The number of allylic oxidation sites excluding steroid dienone is 2. The third kappa shape index (κ3) is 17.2. The molecule has 1 aromatic carbocycles. The Morgan fingerprint density at radius 2 is 1.07 bits per heavy atom. The maximum absolute atomic E-state index is 13.4. The number of hydrogen-bond acceptors (Lipinski definition) is 2. The lowest BCUT2D eigenvalue weighted by Gasteiger charge is -2.16. The lowest BCUT2D eigenvalue weighted by Crippen LogP contribution is -2.29. The van der Waals surface area contributed by atoms with Crippen LogP contribution in [0.3, 0.4) is 0 Å². The molecule has 0 unspecified atom stereocenters. The van der Waals surface area contributed by atoms with Crippen molar-refractivity contribution in [2.75, 3.05) is 13.1 Å². The molecule has 0 atom stereocenters. The second-order valence-electron chi connectivity index (χ2n) is 11.6. The molecule has 234 valence electrons. The predicted molar refractivity (Wildman–Crippen MR) is 181 cm³/mol. The van der Waals surface area contributed by atoms with Gasteiger partial charge in [0.25, 0.3) is 11.8 Å². The van der Waals surface area contributed by atoms with E-state index in [2.05, 4.69) is 36.6 Å². The molecule has 0 fully saturated rings.